The maximum absolute atomic E-state index is 10.8. The third-order valence-electron chi connectivity index (χ3n) is 3.46. The first-order chi connectivity index (χ1) is 12.0. The number of carbonyl (C=O) groups excluding carboxylic acids is 1. The number of nitrogens with one attached hydrogen (secondary N) is 1. The average Bonchev–Trinajstić information content (AvgIpc) is 2.57. The van der Waals surface area contributed by atoms with Crippen LogP contribution in [0.2, 0.25) is 0 Å². The predicted octanol–water partition coefficient (Wildman–Crippen LogP) is 2.96. The van der Waals surface area contributed by atoms with Gasteiger partial charge in [0.25, 0.3) is 0 Å². The molecular formula is C18H35NO5S. The number of rotatable bonds is 13. The Hall–Kier alpha value is -0.760. The van der Waals surface area contributed by atoms with Gasteiger partial charge in [0.05, 0.1) is 19.8 Å². The summed E-state index contributed by atoms with van der Waals surface area (Å²) in [6, 6.07) is 0. The zero-order valence-corrected chi connectivity index (χ0v) is 16.8. The molecule has 7 heteroatoms. The summed E-state index contributed by atoms with van der Waals surface area (Å²) in [5, 5.41) is 1.29. The standard InChI is InChI=1S/C10H20O2.C8H15NO3S/c1-3-4-5-6-11-7-10(2)8-12-9-10;1-3-5-8(10)12-7-6-9-13(11)4-2/h3-9H2,1-2H3;4,9H,2-3,5-7H2,1H3. The predicted molar refractivity (Wildman–Crippen MR) is 101 cm³/mol. The normalized spacial score (nSPS) is 16.1. The van der Waals surface area contributed by atoms with Crippen molar-refractivity contribution in [3.63, 3.8) is 0 Å². The zero-order chi connectivity index (χ0) is 19.0. The first-order valence-corrected chi connectivity index (χ1v) is 10.3. The molecule has 148 valence electrons. The van der Waals surface area contributed by atoms with Gasteiger partial charge in [0, 0.05) is 30.4 Å². The molecule has 1 rings (SSSR count). The van der Waals surface area contributed by atoms with Crippen molar-refractivity contribution >= 4 is 17.0 Å². The van der Waals surface area contributed by atoms with Crippen LogP contribution in [0.1, 0.15) is 52.9 Å². The first kappa shape index (κ1) is 24.2. The van der Waals surface area contributed by atoms with Crippen LogP contribution in [-0.4, -0.2) is 49.8 Å². The molecule has 25 heavy (non-hydrogen) atoms. The molecule has 0 aromatic rings. The van der Waals surface area contributed by atoms with Gasteiger partial charge >= 0.3 is 5.97 Å². The Bertz CT molecular complexity index is 386. The highest BCUT2D eigenvalue weighted by atomic mass is 32.2. The molecule has 6 nitrogen and oxygen atoms in total. The van der Waals surface area contributed by atoms with Gasteiger partial charge in [0.15, 0.2) is 0 Å². The van der Waals surface area contributed by atoms with Crippen molar-refractivity contribution in [2.45, 2.75) is 52.9 Å². The van der Waals surface area contributed by atoms with Crippen LogP contribution >= 0.6 is 0 Å². The van der Waals surface area contributed by atoms with E-state index in [9.17, 15) is 9.00 Å². The number of unbranched alkanes of at least 4 members (excludes halogenated alkanes) is 2. The van der Waals surface area contributed by atoms with Crippen LogP contribution in [0.3, 0.4) is 0 Å². The van der Waals surface area contributed by atoms with Gasteiger partial charge in [0.1, 0.15) is 17.6 Å². The summed E-state index contributed by atoms with van der Waals surface area (Å²) in [6.45, 7) is 13.8. The molecule has 0 aliphatic carbocycles. The van der Waals surface area contributed by atoms with Crippen molar-refractivity contribution in [1.82, 2.24) is 4.72 Å². The largest absolute Gasteiger partial charge is 0.464 e. The third kappa shape index (κ3) is 14.1. The lowest BCUT2D eigenvalue weighted by atomic mass is 9.90. The van der Waals surface area contributed by atoms with Crippen LogP contribution in [-0.2, 0) is 30.0 Å². The van der Waals surface area contributed by atoms with Gasteiger partial charge in [-0.25, -0.2) is 8.93 Å². The summed E-state index contributed by atoms with van der Waals surface area (Å²) in [7, 11) is -1.22. The molecule has 0 aromatic heterocycles. The molecule has 1 saturated heterocycles. The van der Waals surface area contributed by atoms with Gasteiger partial charge < -0.3 is 14.2 Å². The van der Waals surface area contributed by atoms with E-state index in [-0.39, 0.29) is 12.6 Å². The monoisotopic (exact) mass is 377 g/mol. The molecule has 0 bridgehead atoms. The smallest absolute Gasteiger partial charge is 0.305 e. The second kappa shape index (κ2) is 15.5. The molecule has 0 amide bonds. The lowest BCUT2D eigenvalue weighted by Crippen LogP contribution is -2.43. The Morgan fingerprint density at radius 1 is 1.28 bits per heavy atom. The fraction of sp³-hybridized carbons (Fsp3) is 0.833. The van der Waals surface area contributed by atoms with E-state index in [0.29, 0.717) is 18.4 Å². The third-order valence-corrected chi connectivity index (χ3v) is 4.25. The highest BCUT2D eigenvalue weighted by molar-refractivity contribution is 7.86. The van der Waals surface area contributed by atoms with E-state index in [1.165, 1.54) is 24.7 Å². The second-order valence-corrected chi connectivity index (χ2v) is 7.61. The highest BCUT2D eigenvalue weighted by Crippen LogP contribution is 2.26. The Morgan fingerprint density at radius 3 is 2.52 bits per heavy atom. The van der Waals surface area contributed by atoms with E-state index in [0.717, 1.165) is 32.8 Å². The molecule has 1 unspecified atom stereocenters. The molecule has 0 saturated carbocycles. The summed E-state index contributed by atoms with van der Waals surface area (Å²) >= 11 is 0. The van der Waals surface area contributed by atoms with Crippen LogP contribution in [0.25, 0.3) is 0 Å². The van der Waals surface area contributed by atoms with Crippen molar-refractivity contribution in [3.05, 3.63) is 12.0 Å². The van der Waals surface area contributed by atoms with E-state index in [1.807, 2.05) is 6.92 Å². The molecule has 1 atom stereocenters. The number of hydrogen-bond donors (Lipinski definition) is 1. The van der Waals surface area contributed by atoms with Crippen molar-refractivity contribution in [2.24, 2.45) is 5.41 Å². The van der Waals surface area contributed by atoms with E-state index in [4.69, 9.17) is 14.2 Å². The molecule has 0 aromatic carbocycles. The zero-order valence-electron chi connectivity index (χ0n) is 16.0. The maximum atomic E-state index is 10.8. The summed E-state index contributed by atoms with van der Waals surface area (Å²) < 4.78 is 28.8. The van der Waals surface area contributed by atoms with E-state index >= 15 is 0 Å². The van der Waals surface area contributed by atoms with Gasteiger partial charge in [-0.2, -0.15) is 0 Å². The minimum atomic E-state index is -1.22. The molecule has 1 aliphatic rings. The summed E-state index contributed by atoms with van der Waals surface area (Å²) in [5.74, 6) is -0.214. The van der Waals surface area contributed by atoms with E-state index in [1.54, 1.807) is 0 Å². The van der Waals surface area contributed by atoms with Crippen molar-refractivity contribution in [3.8, 4) is 0 Å². The van der Waals surface area contributed by atoms with Crippen molar-refractivity contribution in [1.29, 1.82) is 0 Å². The SMILES string of the molecule is C=CS(=O)NCCOC(=O)CCC.CCCCCOCC1(C)COC1. The van der Waals surface area contributed by atoms with Crippen molar-refractivity contribution < 1.29 is 23.2 Å². The molecule has 1 aliphatic heterocycles. The lowest BCUT2D eigenvalue weighted by molar-refractivity contribution is -0.143. The number of hydrogen-bond acceptors (Lipinski definition) is 5. The fourth-order valence-corrected chi connectivity index (χ4v) is 2.35. The lowest BCUT2D eigenvalue weighted by Gasteiger charge is -2.37. The average molecular weight is 378 g/mol. The Morgan fingerprint density at radius 2 is 2.00 bits per heavy atom. The molecule has 0 spiro atoms. The Labute approximate surface area is 155 Å². The Kier molecular flexibility index (Phi) is 15.0. The topological polar surface area (TPSA) is 73.9 Å². The van der Waals surface area contributed by atoms with Crippen LogP contribution in [0.15, 0.2) is 12.0 Å². The summed E-state index contributed by atoms with van der Waals surface area (Å²) in [4.78, 5) is 10.8. The van der Waals surface area contributed by atoms with Crippen LogP contribution in [0.5, 0.6) is 0 Å². The van der Waals surface area contributed by atoms with Gasteiger partial charge in [-0.05, 0) is 12.8 Å². The van der Waals surface area contributed by atoms with Crippen LogP contribution in [0, 0.1) is 5.41 Å². The number of carbonyl (C=O) groups is 1. The molecule has 0 radical (unpaired) electrons. The van der Waals surface area contributed by atoms with Crippen LogP contribution in [0.4, 0.5) is 0 Å². The highest BCUT2D eigenvalue weighted by Gasteiger charge is 2.33. The van der Waals surface area contributed by atoms with Gasteiger partial charge in [-0.3, -0.25) is 4.79 Å². The minimum Gasteiger partial charge on any atom is -0.464 e. The minimum absolute atomic E-state index is 0.214. The second-order valence-electron chi connectivity index (χ2n) is 6.39. The van der Waals surface area contributed by atoms with Crippen LogP contribution < -0.4 is 4.72 Å². The van der Waals surface area contributed by atoms with Gasteiger partial charge in [0.2, 0.25) is 0 Å². The van der Waals surface area contributed by atoms with Crippen molar-refractivity contribution in [2.75, 3.05) is 39.6 Å². The van der Waals surface area contributed by atoms with Gasteiger partial charge in [-0.1, -0.05) is 40.2 Å². The summed E-state index contributed by atoms with van der Waals surface area (Å²) in [5.41, 5.74) is 0.326. The first-order valence-electron chi connectivity index (χ1n) is 9.05. The Balaban J connectivity index is 0.000000462. The molecule has 1 heterocycles. The van der Waals surface area contributed by atoms with E-state index < -0.39 is 11.0 Å². The summed E-state index contributed by atoms with van der Waals surface area (Å²) in [6.07, 6.45) is 4.97. The number of ether oxygens (including phenoxy) is 3. The van der Waals surface area contributed by atoms with E-state index in [2.05, 4.69) is 25.1 Å². The quantitative estimate of drug-likeness (QED) is 0.395. The molecular weight excluding hydrogens is 342 g/mol. The number of esters is 1. The molecule has 1 N–H and O–H groups in total. The van der Waals surface area contributed by atoms with Gasteiger partial charge in [-0.15, -0.1) is 0 Å². The maximum Gasteiger partial charge on any atom is 0.305 e. The fourth-order valence-electron chi connectivity index (χ4n) is 1.95. The molecule has 1 fully saturated rings.